The lowest BCUT2D eigenvalue weighted by Gasteiger charge is -2.22. The highest BCUT2D eigenvalue weighted by Crippen LogP contribution is 2.44. The SMILES string of the molecule is Cc1cc(C2CCCCC2)c2c(c1)/[N+](=C\C(C)C)CO2. The van der Waals surface area contributed by atoms with Crippen molar-refractivity contribution >= 4 is 11.9 Å². The van der Waals surface area contributed by atoms with Gasteiger partial charge in [0.25, 0.3) is 12.4 Å². The van der Waals surface area contributed by atoms with Gasteiger partial charge < -0.3 is 4.74 Å². The molecule has 1 aliphatic carbocycles. The molecule has 1 aromatic rings. The Balaban J connectivity index is 2.01. The topological polar surface area (TPSA) is 12.2 Å². The highest BCUT2D eigenvalue weighted by molar-refractivity contribution is 5.62. The molecule has 1 saturated carbocycles. The molecule has 1 heterocycles. The molecule has 0 spiro atoms. The number of benzene rings is 1. The summed E-state index contributed by atoms with van der Waals surface area (Å²) in [5, 5.41) is 0. The van der Waals surface area contributed by atoms with Crippen molar-refractivity contribution in [2.45, 2.75) is 58.8 Å². The summed E-state index contributed by atoms with van der Waals surface area (Å²) in [7, 11) is 0. The third-order valence-electron chi connectivity index (χ3n) is 4.42. The van der Waals surface area contributed by atoms with Gasteiger partial charge in [0.15, 0.2) is 6.21 Å². The van der Waals surface area contributed by atoms with Crippen LogP contribution in [0.2, 0.25) is 0 Å². The first kappa shape index (κ1) is 13.7. The van der Waals surface area contributed by atoms with E-state index in [9.17, 15) is 0 Å². The molecule has 1 fully saturated rings. The Kier molecular flexibility index (Phi) is 3.82. The lowest BCUT2D eigenvalue weighted by Crippen LogP contribution is -2.09. The zero-order chi connectivity index (χ0) is 14.1. The van der Waals surface area contributed by atoms with Gasteiger partial charge in [0.1, 0.15) is 0 Å². The minimum Gasteiger partial charge on any atom is -0.429 e. The number of ether oxygens (including phenoxy) is 1. The monoisotopic (exact) mass is 272 g/mol. The Bertz CT molecular complexity index is 524. The minimum atomic E-state index is 0.545. The largest absolute Gasteiger partial charge is 0.429 e. The minimum absolute atomic E-state index is 0.545. The Hall–Kier alpha value is -1.31. The van der Waals surface area contributed by atoms with Crippen molar-refractivity contribution in [3.8, 4) is 5.75 Å². The van der Waals surface area contributed by atoms with Gasteiger partial charge in [0.2, 0.25) is 5.75 Å². The second-order valence-electron chi connectivity index (χ2n) is 6.67. The molecular formula is C18H26NO+. The number of hydrogen-bond acceptors (Lipinski definition) is 1. The van der Waals surface area contributed by atoms with Crippen LogP contribution < -0.4 is 4.74 Å². The molecule has 0 saturated heterocycles. The van der Waals surface area contributed by atoms with E-state index in [-0.39, 0.29) is 0 Å². The fourth-order valence-corrected chi connectivity index (χ4v) is 3.56. The maximum atomic E-state index is 6.05. The van der Waals surface area contributed by atoms with E-state index in [1.165, 1.54) is 48.9 Å². The average Bonchev–Trinajstić information content (AvgIpc) is 2.81. The van der Waals surface area contributed by atoms with Crippen LogP contribution in [0.5, 0.6) is 5.75 Å². The third kappa shape index (κ3) is 2.61. The zero-order valence-corrected chi connectivity index (χ0v) is 13.0. The highest BCUT2D eigenvalue weighted by Gasteiger charge is 2.31. The van der Waals surface area contributed by atoms with Crippen molar-refractivity contribution < 1.29 is 9.31 Å². The molecule has 1 aromatic carbocycles. The van der Waals surface area contributed by atoms with Gasteiger partial charge >= 0.3 is 0 Å². The standard InChI is InChI=1S/C18H26NO/c1-13(2)11-19-12-20-18-16(9-14(3)10-17(18)19)15-7-5-4-6-8-15/h9-11,13,15H,4-8,12H2,1-3H3/q+1/b19-11-. The summed E-state index contributed by atoms with van der Waals surface area (Å²) in [5.74, 6) is 2.40. The molecule has 0 atom stereocenters. The van der Waals surface area contributed by atoms with Crippen LogP contribution in [0.25, 0.3) is 0 Å². The summed E-state index contributed by atoms with van der Waals surface area (Å²) in [6.45, 7) is 7.32. The van der Waals surface area contributed by atoms with Gasteiger partial charge in [-0.25, -0.2) is 0 Å². The fourth-order valence-electron chi connectivity index (χ4n) is 3.56. The van der Waals surface area contributed by atoms with Crippen LogP contribution in [0.4, 0.5) is 5.69 Å². The summed E-state index contributed by atoms with van der Waals surface area (Å²) < 4.78 is 8.32. The molecule has 2 heteroatoms. The van der Waals surface area contributed by atoms with Gasteiger partial charge in [-0.3, -0.25) is 0 Å². The first-order valence-electron chi connectivity index (χ1n) is 8.04. The summed E-state index contributed by atoms with van der Waals surface area (Å²) in [5.41, 5.74) is 4.09. The van der Waals surface area contributed by atoms with Crippen molar-refractivity contribution in [1.29, 1.82) is 0 Å². The van der Waals surface area contributed by atoms with Crippen LogP contribution in [-0.4, -0.2) is 17.5 Å². The highest BCUT2D eigenvalue weighted by atomic mass is 16.5. The Morgan fingerprint density at radius 3 is 2.65 bits per heavy atom. The van der Waals surface area contributed by atoms with Gasteiger partial charge in [-0.1, -0.05) is 39.2 Å². The lowest BCUT2D eigenvalue weighted by atomic mass is 9.83. The van der Waals surface area contributed by atoms with E-state index in [1.807, 2.05) is 0 Å². The van der Waals surface area contributed by atoms with Gasteiger partial charge in [0, 0.05) is 17.5 Å². The van der Waals surface area contributed by atoms with Gasteiger partial charge in [-0.15, -0.1) is 0 Å². The van der Waals surface area contributed by atoms with Gasteiger partial charge in [-0.05, 0) is 31.2 Å². The van der Waals surface area contributed by atoms with Crippen molar-refractivity contribution in [3.63, 3.8) is 0 Å². The van der Waals surface area contributed by atoms with E-state index in [1.54, 1.807) is 0 Å². The molecule has 108 valence electrons. The maximum Gasteiger partial charge on any atom is 0.292 e. The van der Waals surface area contributed by atoms with E-state index < -0.39 is 0 Å². The molecule has 0 aromatic heterocycles. The summed E-state index contributed by atoms with van der Waals surface area (Å²) in [4.78, 5) is 0. The van der Waals surface area contributed by atoms with Crippen LogP contribution in [0.1, 0.15) is 63.0 Å². The number of rotatable bonds is 2. The van der Waals surface area contributed by atoms with E-state index >= 15 is 0 Å². The Morgan fingerprint density at radius 2 is 1.95 bits per heavy atom. The summed E-state index contributed by atoms with van der Waals surface area (Å²) in [6.07, 6.45) is 9.07. The second-order valence-corrected chi connectivity index (χ2v) is 6.67. The first-order valence-corrected chi connectivity index (χ1v) is 8.04. The molecule has 2 nitrogen and oxygen atoms in total. The molecule has 0 unspecified atom stereocenters. The average molecular weight is 272 g/mol. The second kappa shape index (κ2) is 5.59. The van der Waals surface area contributed by atoms with Crippen LogP contribution in [-0.2, 0) is 0 Å². The number of nitrogens with zero attached hydrogens (tertiary/aromatic N) is 1. The van der Waals surface area contributed by atoms with E-state index in [4.69, 9.17) is 4.74 Å². The molecule has 2 aliphatic rings. The number of hydrogen-bond donors (Lipinski definition) is 0. The molecule has 0 N–H and O–H groups in total. The first-order chi connectivity index (χ1) is 9.65. The van der Waals surface area contributed by atoms with Crippen LogP contribution >= 0.6 is 0 Å². The number of aryl methyl sites for hydroxylation is 1. The zero-order valence-electron chi connectivity index (χ0n) is 13.0. The number of fused-ring (bicyclic) bond motifs is 1. The van der Waals surface area contributed by atoms with Crippen molar-refractivity contribution in [3.05, 3.63) is 23.3 Å². The molecular weight excluding hydrogens is 246 g/mol. The van der Waals surface area contributed by atoms with Crippen molar-refractivity contribution in [1.82, 2.24) is 0 Å². The predicted octanol–water partition coefficient (Wildman–Crippen LogP) is 4.76. The fraction of sp³-hybridized carbons (Fsp3) is 0.611. The van der Waals surface area contributed by atoms with Gasteiger partial charge in [-0.2, -0.15) is 4.58 Å². The maximum absolute atomic E-state index is 6.05. The van der Waals surface area contributed by atoms with Gasteiger partial charge in [0.05, 0.1) is 0 Å². The van der Waals surface area contributed by atoms with Crippen LogP contribution in [0.3, 0.4) is 0 Å². The van der Waals surface area contributed by atoms with Crippen LogP contribution in [0, 0.1) is 12.8 Å². The Labute approximate surface area is 122 Å². The normalized spacial score (nSPS) is 21.3. The molecule has 1 aliphatic heterocycles. The predicted molar refractivity (Wildman–Crippen MR) is 83.3 cm³/mol. The van der Waals surface area contributed by atoms with E-state index in [0.717, 1.165) is 5.75 Å². The lowest BCUT2D eigenvalue weighted by molar-refractivity contribution is -0.455. The van der Waals surface area contributed by atoms with Crippen molar-refractivity contribution in [2.75, 3.05) is 6.73 Å². The quantitative estimate of drug-likeness (QED) is 0.707. The Morgan fingerprint density at radius 1 is 1.20 bits per heavy atom. The molecule has 0 bridgehead atoms. The smallest absolute Gasteiger partial charge is 0.292 e. The van der Waals surface area contributed by atoms with E-state index in [2.05, 4.69) is 43.7 Å². The summed E-state index contributed by atoms with van der Waals surface area (Å²) >= 11 is 0. The van der Waals surface area contributed by atoms with Crippen molar-refractivity contribution in [2.24, 2.45) is 5.92 Å². The summed E-state index contributed by atoms with van der Waals surface area (Å²) in [6, 6.07) is 4.63. The third-order valence-corrected chi connectivity index (χ3v) is 4.42. The molecule has 0 radical (unpaired) electrons. The van der Waals surface area contributed by atoms with Crippen LogP contribution in [0.15, 0.2) is 12.1 Å². The molecule has 20 heavy (non-hydrogen) atoms. The van der Waals surface area contributed by atoms with E-state index in [0.29, 0.717) is 18.6 Å². The molecule has 3 rings (SSSR count). The molecule has 0 amide bonds.